The maximum atomic E-state index is 6.08. The van der Waals surface area contributed by atoms with Crippen molar-refractivity contribution >= 4 is 40.5 Å². The molecule has 0 bridgehead atoms. The van der Waals surface area contributed by atoms with Gasteiger partial charge in [-0.05, 0) is 12.1 Å². The van der Waals surface area contributed by atoms with Crippen molar-refractivity contribution < 1.29 is 0 Å². The molecule has 94 valence electrons. The van der Waals surface area contributed by atoms with Crippen LogP contribution in [0, 0.1) is 0 Å². The number of rotatable bonds is 3. The number of benzene rings is 1. The number of nitrogens with zero attached hydrogens (tertiary/aromatic N) is 3. The molecule has 0 unspecified atom stereocenters. The quantitative estimate of drug-likeness (QED) is 0.934. The number of anilines is 3. The Morgan fingerprint density at radius 3 is 2.39 bits per heavy atom. The first-order chi connectivity index (χ1) is 8.58. The molecule has 4 nitrogen and oxygen atoms in total. The van der Waals surface area contributed by atoms with Crippen LogP contribution in [0.4, 0.5) is 17.3 Å². The van der Waals surface area contributed by atoms with E-state index in [0.717, 1.165) is 5.82 Å². The fourth-order valence-electron chi connectivity index (χ4n) is 1.41. The van der Waals surface area contributed by atoms with Crippen LogP contribution in [0.15, 0.2) is 30.6 Å². The molecule has 0 saturated carbocycles. The summed E-state index contributed by atoms with van der Waals surface area (Å²) < 4.78 is 0. The molecule has 0 radical (unpaired) electrons. The second kappa shape index (κ2) is 5.42. The third kappa shape index (κ3) is 2.83. The Balaban J connectivity index is 2.31. The predicted octanol–water partition coefficient (Wildman–Crippen LogP) is 3.59. The van der Waals surface area contributed by atoms with Crippen LogP contribution < -0.4 is 10.2 Å². The van der Waals surface area contributed by atoms with Gasteiger partial charge in [0.1, 0.15) is 18.0 Å². The van der Waals surface area contributed by atoms with E-state index in [2.05, 4.69) is 15.3 Å². The number of hydrogen-bond donors (Lipinski definition) is 1. The van der Waals surface area contributed by atoms with Gasteiger partial charge in [0.2, 0.25) is 0 Å². The minimum atomic E-state index is 0.549. The number of halogens is 2. The molecule has 2 aromatic rings. The van der Waals surface area contributed by atoms with E-state index >= 15 is 0 Å². The normalized spacial score (nSPS) is 10.2. The number of para-hydroxylation sites is 1. The van der Waals surface area contributed by atoms with Crippen molar-refractivity contribution in [1.29, 1.82) is 0 Å². The van der Waals surface area contributed by atoms with Gasteiger partial charge in [-0.3, -0.25) is 0 Å². The lowest BCUT2D eigenvalue weighted by Gasteiger charge is -2.13. The lowest BCUT2D eigenvalue weighted by Crippen LogP contribution is -2.11. The standard InChI is InChI=1S/C12H12Cl2N4/c1-18(2)11-6-10(15-7-16-11)17-12-8(13)4-3-5-9(12)14/h3-7H,1-2H3,(H,15,16,17). The highest BCUT2D eigenvalue weighted by atomic mass is 35.5. The first-order valence-corrected chi connectivity index (χ1v) is 6.04. The molecular weight excluding hydrogens is 271 g/mol. The van der Waals surface area contributed by atoms with Gasteiger partial charge in [-0.25, -0.2) is 9.97 Å². The van der Waals surface area contributed by atoms with E-state index in [4.69, 9.17) is 23.2 Å². The minimum Gasteiger partial charge on any atom is -0.363 e. The van der Waals surface area contributed by atoms with Crippen LogP contribution in [0.3, 0.4) is 0 Å². The summed E-state index contributed by atoms with van der Waals surface area (Å²) in [6.45, 7) is 0. The summed E-state index contributed by atoms with van der Waals surface area (Å²) >= 11 is 12.2. The van der Waals surface area contributed by atoms with Crippen molar-refractivity contribution in [2.24, 2.45) is 0 Å². The Bertz CT molecular complexity index is 537. The highest BCUT2D eigenvalue weighted by Crippen LogP contribution is 2.32. The van der Waals surface area contributed by atoms with Crippen molar-refractivity contribution in [3.8, 4) is 0 Å². The van der Waals surface area contributed by atoms with Gasteiger partial charge in [0, 0.05) is 20.2 Å². The average molecular weight is 283 g/mol. The summed E-state index contributed by atoms with van der Waals surface area (Å²) in [6, 6.07) is 7.15. The maximum Gasteiger partial charge on any atom is 0.135 e. The third-order valence-corrected chi connectivity index (χ3v) is 2.96. The van der Waals surface area contributed by atoms with E-state index in [1.165, 1.54) is 6.33 Å². The van der Waals surface area contributed by atoms with Crippen LogP contribution in [0.5, 0.6) is 0 Å². The average Bonchev–Trinajstić information content (AvgIpc) is 2.34. The van der Waals surface area contributed by atoms with Crippen molar-refractivity contribution in [3.63, 3.8) is 0 Å². The summed E-state index contributed by atoms with van der Waals surface area (Å²) in [5.74, 6) is 1.44. The Labute approximate surface area is 116 Å². The lowest BCUT2D eigenvalue weighted by molar-refractivity contribution is 1.04. The molecule has 0 aliphatic heterocycles. The van der Waals surface area contributed by atoms with Gasteiger partial charge in [-0.2, -0.15) is 0 Å². The van der Waals surface area contributed by atoms with Gasteiger partial charge in [0.05, 0.1) is 15.7 Å². The molecule has 0 aliphatic carbocycles. The second-order valence-corrected chi connectivity index (χ2v) is 4.69. The Morgan fingerprint density at radius 2 is 1.78 bits per heavy atom. The maximum absolute atomic E-state index is 6.08. The molecule has 0 fully saturated rings. The monoisotopic (exact) mass is 282 g/mol. The number of hydrogen-bond acceptors (Lipinski definition) is 4. The molecular formula is C12H12Cl2N4. The van der Waals surface area contributed by atoms with Crippen LogP contribution >= 0.6 is 23.2 Å². The van der Waals surface area contributed by atoms with Gasteiger partial charge in [0.15, 0.2) is 0 Å². The van der Waals surface area contributed by atoms with Crippen LogP contribution in [0.1, 0.15) is 0 Å². The third-order valence-electron chi connectivity index (χ3n) is 2.33. The summed E-state index contributed by atoms with van der Waals surface area (Å²) in [4.78, 5) is 10.2. The van der Waals surface area contributed by atoms with E-state index in [-0.39, 0.29) is 0 Å². The molecule has 0 atom stereocenters. The smallest absolute Gasteiger partial charge is 0.135 e. The van der Waals surface area contributed by atoms with Gasteiger partial charge in [0.25, 0.3) is 0 Å². The van der Waals surface area contributed by atoms with Crippen LogP contribution in [-0.2, 0) is 0 Å². The zero-order chi connectivity index (χ0) is 13.1. The van der Waals surface area contributed by atoms with Crippen molar-refractivity contribution in [1.82, 2.24) is 9.97 Å². The first-order valence-electron chi connectivity index (χ1n) is 5.28. The second-order valence-electron chi connectivity index (χ2n) is 3.88. The zero-order valence-electron chi connectivity index (χ0n) is 9.98. The molecule has 0 spiro atoms. The summed E-state index contributed by atoms with van der Waals surface area (Å²) in [5, 5.41) is 4.19. The van der Waals surface area contributed by atoms with Gasteiger partial charge < -0.3 is 10.2 Å². The van der Waals surface area contributed by atoms with Crippen LogP contribution in [-0.4, -0.2) is 24.1 Å². The molecule has 6 heteroatoms. The molecule has 0 saturated heterocycles. The molecule has 0 amide bonds. The molecule has 1 aromatic carbocycles. The molecule has 18 heavy (non-hydrogen) atoms. The van der Waals surface area contributed by atoms with Gasteiger partial charge >= 0.3 is 0 Å². The van der Waals surface area contributed by atoms with Crippen molar-refractivity contribution in [3.05, 3.63) is 40.6 Å². The Hall–Kier alpha value is -1.52. The fourth-order valence-corrected chi connectivity index (χ4v) is 1.90. The topological polar surface area (TPSA) is 41.0 Å². The summed E-state index contributed by atoms with van der Waals surface area (Å²) in [7, 11) is 3.82. The van der Waals surface area contributed by atoms with Crippen molar-refractivity contribution in [2.75, 3.05) is 24.3 Å². The van der Waals surface area contributed by atoms with Gasteiger partial charge in [-0.15, -0.1) is 0 Å². The van der Waals surface area contributed by atoms with Crippen LogP contribution in [0.25, 0.3) is 0 Å². The van der Waals surface area contributed by atoms with E-state index in [9.17, 15) is 0 Å². The molecule has 1 aromatic heterocycles. The summed E-state index contributed by atoms with van der Waals surface area (Å²) in [6.07, 6.45) is 1.49. The van der Waals surface area contributed by atoms with E-state index < -0.39 is 0 Å². The minimum absolute atomic E-state index is 0.549. The molecule has 1 N–H and O–H groups in total. The molecule has 2 rings (SSSR count). The number of aromatic nitrogens is 2. The van der Waals surface area contributed by atoms with E-state index in [1.807, 2.05) is 25.1 Å². The predicted molar refractivity (Wildman–Crippen MR) is 76.1 cm³/mol. The Kier molecular flexibility index (Phi) is 3.89. The largest absolute Gasteiger partial charge is 0.363 e. The van der Waals surface area contributed by atoms with E-state index in [1.54, 1.807) is 18.2 Å². The highest BCUT2D eigenvalue weighted by Gasteiger charge is 2.07. The van der Waals surface area contributed by atoms with Crippen LogP contribution in [0.2, 0.25) is 10.0 Å². The highest BCUT2D eigenvalue weighted by molar-refractivity contribution is 6.39. The number of nitrogens with one attached hydrogen (secondary N) is 1. The SMILES string of the molecule is CN(C)c1cc(Nc2c(Cl)cccc2Cl)ncn1. The summed E-state index contributed by atoms with van der Waals surface area (Å²) in [5.41, 5.74) is 0.643. The van der Waals surface area contributed by atoms with Crippen molar-refractivity contribution in [2.45, 2.75) is 0 Å². The Morgan fingerprint density at radius 1 is 1.11 bits per heavy atom. The molecule has 1 heterocycles. The molecule has 0 aliphatic rings. The van der Waals surface area contributed by atoms with Gasteiger partial charge in [-0.1, -0.05) is 29.3 Å². The fraction of sp³-hybridized carbons (Fsp3) is 0.167. The lowest BCUT2D eigenvalue weighted by atomic mass is 10.3. The first kappa shape index (κ1) is 12.9. The zero-order valence-corrected chi connectivity index (χ0v) is 11.5. The van der Waals surface area contributed by atoms with E-state index in [0.29, 0.717) is 21.6 Å².